The quantitative estimate of drug-likeness (QED) is 0.710. The van der Waals surface area contributed by atoms with Crippen LogP contribution in [0.4, 0.5) is 0 Å². The first kappa shape index (κ1) is 17.8. The van der Waals surface area contributed by atoms with E-state index >= 15 is 0 Å². The number of fused-ring (bicyclic) bond motifs is 1. The Labute approximate surface area is 162 Å². The van der Waals surface area contributed by atoms with Gasteiger partial charge >= 0.3 is 0 Å². The summed E-state index contributed by atoms with van der Waals surface area (Å²) in [7, 11) is 0. The van der Waals surface area contributed by atoms with Gasteiger partial charge in [0.05, 0.1) is 10.9 Å². The molecule has 2 aromatic heterocycles. The van der Waals surface area contributed by atoms with Gasteiger partial charge < -0.3 is 5.11 Å². The third kappa shape index (κ3) is 3.21. The highest BCUT2D eigenvalue weighted by atomic mass is 35.5. The number of hydrogen-bond donors (Lipinski definition) is 1. The van der Waals surface area contributed by atoms with Crippen LogP contribution in [-0.2, 0) is 6.42 Å². The number of rotatable bonds is 4. The first-order valence-corrected chi connectivity index (χ1v) is 10.3. The van der Waals surface area contributed by atoms with Gasteiger partial charge in [0.25, 0.3) is 0 Å². The molecule has 0 saturated carbocycles. The van der Waals surface area contributed by atoms with E-state index in [-0.39, 0.29) is 11.9 Å². The van der Waals surface area contributed by atoms with Crippen LogP contribution >= 0.6 is 22.9 Å². The second-order valence-electron chi connectivity index (χ2n) is 7.07. The van der Waals surface area contributed by atoms with Crippen LogP contribution in [0.15, 0.2) is 24.3 Å². The predicted octanol–water partition coefficient (Wildman–Crippen LogP) is 4.53. The van der Waals surface area contributed by atoms with Crippen molar-refractivity contribution in [3.05, 3.63) is 45.6 Å². The van der Waals surface area contributed by atoms with Crippen molar-refractivity contribution in [2.75, 3.05) is 13.1 Å². The zero-order chi connectivity index (χ0) is 18.3. The zero-order valence-electron chi connectivity index (χ0n) is 15.0. The molecule has 0 aliphatic carbocycles. The van der Waals surface area contributed by atoms with E-state index in [0.29, 0.717) is 10.9 Å². The summed E-state index contributed by atoms with van der Waals surface area (Å²) in [6, 6.07) is 7.91. The fraction of sp³-hybridized carbons (Fsp3) is 0.474. The van der Waals surface area contributed by atoms with E-state index in [4.69, 9.17) is 11.6 Å². The minimum Gasteiger partial charge on any atom is -0.492 e. The van der Waals surface area contributed by atoms with Crippen molar-refractivity contribution in [3.8, 4) is 5.88 Å². The van der Waals surface area contributed by atoms with Crippen LogP contribution in [0.1, 0.15) is 49.0 Å². The van der Waals surface area contributed by atoms with Crippen molar-refractivity contribution in [1.29, 1.82) is 0 Å². The van der Waals surface area contributed by atoms with Gasteiger partial charge in [0.15, 0.2) is 5.82 Å². The molecule has 7 heteroatoms. The van der Waals surface area contributed by atoms with Crippen LogP contribution in [0.2, 0.25) is 5.02 Å². The molecule has 1 aliphatic rings. The van der Waals surface area contributed by atoms with Gasteiger partial charge in [-0.15, -0.1) is 5.10 Å². The van der Waals surface area contributed by atoms with E-state index in [2.05, 4.69) is 28.0 Å². The second-order valence-corrected chi connectivity index (χ2v) is 8.51. The highest BCUT2D eigenvalue weighted by Crippen LogP contribution is 2.41. The first-order valence-electron chi connectivity index (χ1n) is 9.13. The highest BCUT2D eigenvalue weighted by Gasteiger charge is 2.31. The molecule has 1 fully saturated rings. The number of aromatic nitrogens is 3. The Morgan fingerprint density at radius 3 is 2.96 bits per heavy atom. The molecule has 138 valence electrons. The molecule has 5 nitrogen and oxygen atoms in total. The normalized spacial score (nSPS) is 19.9. The Hall–Kier alpha value is -1.63. The number of halogens is 1. The van der Waals surface area contributed by atoms with Crippen LogP contribution in [0.25, 0.3) is 4.96 Å². The van der Waals surface area contributed by atoms with Crippen molar-refractivity contribution >= 4 is 27.9 Å². The third-order valence-electron chi connectivity index (χ3n) is 5.03. The van der Waals surface area contributed by atoms with Gasteiger partial charge in [-0.05, 0) is 43.0 Å². The fourth-order valence-corrected chi connectivity index (χ4v) is 5.12. The number of aryl methyl sites for hydroxylation is 1. The van der Waals surface area contributed by atoms with Gasteiger partial charge in [-0.2, -0.15) is 4.52 Å². The maximum atomic E-state index is 10.9. The van der Waals surface area contributed by atoms with Gasteiger partial charge in [-0.25, -0.2) is 4.98 Å². The topological polar surface area (TPSA) is 53.7 Å². The second kappa shape index (κ2) is 7.18. The van der Waals surface area contributed by atoms with Crippen molar-refractivity contribution in [2.24, 2.45) is 5.92 Å². The minimum absolute atomic E-state index is 0.0324. The molecule has 0 radical (unpaired) electrons. The lowest BCUT2D eigenvalue weighted by Crippen LogP contribution is -2.37. The van der Waals surface area contributed by atoms with E-state index in [1.165, 1.54) is 24.2 Å². The lowest BCUT2D eigenvalue weighted by molar-refractivity contribution is 0.149. The average Bonchev–Trinajstić information content (AvgIpc) is 3.15. The molecule has 2 atom stereocenters. The fourth-order valence-electron chi connectivity index (χ4n) is 3.78. The summed E-state index contributed by atoms with van der Waals surface area (Å²) in [5.41, 5.74) is 1.10. The van der Waals surface area contributed by atoms with Crippen LogP contribution in [0, 0.1) is 5.92 Å². The molecular formula is C19H23ClN4OS. The Bertz CT molecular complexity index is 922. The van der Waals surface area contributed by atoms with Crippen LogP contribution < -0.4 is 0 Å². The molecule has 1 aliphatic heterocycles. The lowest BCUT2D eigenvalue weighted by atomic mass is 9.95. The summed E-state index contributed by atoms with van der Waals surface area (Å²) in [5, 5.41) is 16.0. The Kier molecular flexibility index (Phi) is 4.90. The van der Waals surface area contributed by atoms with Crippen LogP contribution in [0.3, 0.4) is 0 Å². The van der Waals surface area contributed by atoms with E-state index in [9.17, 15) is 5.11 Å². The van der Waals surface area contributed by atoms with E-state index in [0.717, 1.165) is 40.7 Å². The molecule has 0 bridgehead atoms. The Morgan fingerprint density at radius 2 is 2.27 bits per heavy atom. The van der Waals surface area contributed by atoms with E-state index < -0.39 is 0 Å². The molecule has 0 spiro atoms. The highest BCUT2D eigenvalue weighted by molar-refractivity contribution is 7.17. The summed E-state index contributed by atoms with van der Waals surface area (Å²) in [5.74, 6) is 1.59. The number of nitrogens with zero attached hydrogens (tertiary/aromatic N) is 4. The molecular weight excluding hydrogens is 368 g/mol. The molecule has 1 saturated heterocycles. The summed E-state index contributed by atoms with van der Waals surface area (Å²) in [6.07, 6.45) is 3.17. The zero-order valence-corrected chi connectivity index (χ0v) is 16.6. The number of piperidine rings is 1. The van der Waals surface area contributed by atoms with Gasteiger partial charge in [-0.3, -0.25) is 4.90 Å². The summed E-state index contributed by atoms with van der Waals surface area (Å²) < 4.78 is 1.57. The maximum Gasteiger partial charge on any atom is 0.230 e. The molecule has 3 aromatic rings. The summed E-state index contributed by atoms with van der Waals surface area (Å²) in [6.45, 7) is 6.32. The van der Waals surface area contributed by atoms with E-state index in [1.807, 2.05) is 25.1 Å². The van der Waals surface area contributed by atoms with Crippen LogP contribution in [0.5, 0.6) is 5.88 Å². The molecule has 0 amide bonds. The maximum absolute atomic E-state index is 10.9. The van der Waals surface area contributed by atoms with Crippen molar-refractivity contribution in [2.45, 2.75) is 39.2 Å². The standard InChI is InChI=1S/C19H23ClN4OS/c1-3-15-21-19-24(22-15)18(25)17(26-19)16(13-7-4-8-14(20)10-13)23-9-5-6-12(2)11-23/h4,7-8,10,12,16,25H,3,5-6,9,11H2,1-2H3/t12-,16-/m1/s1. The van der Waals surface area contributed by atoms with Gasteiger partial charge in [0.2, 0.25) is 10.8 Å². The van der Waals surface area contributed by atoms with E-state index in [1.54, 1.807) is 4.52 Å². The smallest absolute Gasteiger partial charge is 0.230 e. The predicted molar refractivity (Wildman–Crippen MR) is 105 cm³/mol. The monoisotopic (exact) mass is 390 g/mol. The van der Waals surface area contributed by atoms with Gasteiger partial charge in [0.1, 0.15) is 0 Å². The third-order valence-corrected chi connectivity index (χ3v) is 6.33. The lowest BCUT2D eigenvalue weighted by Gasteiger charge is -2.37. The molecule has 4 rings (SSSR count). The molecule has 1 aromatic carbocycles. The van der Waals surface area contributed by atoms with Crippen molar-refractivity contribution in [3.63, 3.8) is 0 Å². The SMILES string of the molecule is CCc1nc2sc([C@@H](c3cccc(Cl)c3)N3CCC[C@@H](C)C3)c(O)n2n1. The van der Waals surface area contributed by atoms with Crippen molar-refractivity contribution in [1.82, 2.24) is 19.5 Å². The summed E-state index contributed by atoms with van der Waals surface area (Å²) >= 11 is 7.79. The largest absolute Gasteiger partial charge is 0.492 e. The number of hydrogen-bond acceptors (Lipinski definition) is 5. The van der Waals surface area contributed by atoms with Crippen molar-refractivity contribution < 1.29 is 5.11 Å². The summed E-state index contributed by atoms with van der Waals surface area (Å²) in [4.78, 5) is 8.61. The number of thiazole rings is 1. The molecule has 26 heavy (non-hydrogen) atoms. The Morgan fingerprint density at radius 1 is 1.42 bits per heavy atom. The number of benzene rings is 1. The Balaban J connectivity index is 1.82. The average molecular weight is 391 g/mol. The number of likely N-dealkylation sites (tertiary alicyclic amines) is 1. The molecule has 3 heterocycles. The molecule has 1 N–H and O–H groups in total. The van der Waals surface area contributed by atoms with Crippen LogP contribution in [-0.4, -0.2) is 37.7 Å². The van der Waals surface area contributed by atoms with Gasteiger partial charge in [-0.1, -0.05) is 48.9 Å². The number of aromatic hydroxyl groups is 1. The molecule has 0 unspecified atom stereocenters. The van der Waals surface area contributed by atoms with Gasteiger partial charge in [0, 0.05) is 18.0 Å². The minimum atomic E-state index is -0.0324. The first-order chi connectivity index (χ1) is 12.6.